The maximum Gasteiger partial charge on any atom is 0.445 e. The second-order valence-electron chi connectivity index (χ2n) is 2.63. The molecule has 0 unspecified atom stereocenters. The molecule has 0 aliphatic rings. The maximum absolute atomic E-state index is 10.7. The van der Waals surface area contributed by atoms with Gasteiger partial charge in [0.25, 0.3) is 0 Å². The molecule has 82 valence electrons. The zero-order valence-corrected chi connectivity index (χ0v) is 8.58. The number of nitrogens with two attached hydrogens (primary N) is 1. The fraction of sp³-hybridized carbons (Fsp3) is 0.571. The monoisotopic (exact) mass is 223 g/mol. The Morgan fingerprint density at radius 3 is 2.50 bits per heavy atom. The lowest BCUT2D eigenvalue weighted by atomic mass is 10.1. The molecule has 0 bridgehead atoms. The summed E-state index contributed by atoms with van der Waals surface area (Å²) < 4.78 is 32.5. The molecule has 0 aromatic heterocycles. The molecule has 0 fully saturated rings. The van der Waals surface area contributed by atoms with Crippen LogP contribution in [0, 0.1) is 0 Å². The SMILES string of the molecule is CCCC/C(=C\OS(=O)(=O)O)C(N)=O. The van der Waals surface area contributed by atoms with Gasteiger partial charge in [0, 0.05) is 0 Å². The fourth-order valence-electron chi connectivity index (χ4n) is 0.726. The largest absolute Gasteiger partial charge is 0.445 e. The first-order chi connectivity index (χ1) is 6.37. The minimum atomic E-state index is -4.56. The van der Waals surface area contributed by atoms with E-state index in [-0.39, 0.29) is 5.57 Å². The van der Waals surface area contributed by atoms with Gasteiger partial charge in [0.2, 0.25) is 5.91 Å². The van der Waals surface area contributed by atoms with E-state index in [9.17, 15) is 13.2 Å². The molecule has 0 aromatic rings. The molecule has 1 amide bonds. The standard InChI is InChI=1S/C7H13NO5S/c1-2-3-4-6(7(8)9)5-13-14(10,11)12/h5H,2-4H2,1H3,(H2,8,9)(H,10,11,12)/b6-5+. The summed E-state index contributed by atoms with van der Waals surface area (Å²) in [6.07, 6.45) is 2.49. The summed E-state index contributed by atoms with van der Waals surface area (Å²) in [6, 6.07) is 0. The Balaban J connectivity index is 4.42. The van der Waals surface area contributed by atoms with Crippen molar-refractivity contribution in [1.82, 2.24) is 0 Å². The van der Waals surface area contributed by atoms with E-state index in [4.69, 9.17) is 10.3 Å². The number of amides is 1. The molecule has 0 spiro atoms. The number of rotatable bonds is 6. The molecular formula is C7H13NO5S. The van der Waals surface area contributed by atoms with Crippen molar-refractivity contribution in [2.45, 2.75) is 26.2 Å². The van der Waals surface area contributed by atoms with Gasteiger partial charge in [0.05, 0.1) is 5.57 Å². The lowest BCUT2D eigenvalue weighted by Crippen LogP contribution is -2.15. The highest BCUT2D eigenvalue weighted by Gasteiger charge is 2.08. The second kappa shape index (κ2) is 5.61. The Kier molecular flexibility index (Phi) is 5.18. The summed E-state index contributed by atoms with van der Waals surface area (Å²) in [6.45, 7) is 1.91. The average Bonchev–Trinajstić information content (AvgIpc) is 2.01. The van der Waals surface area contributed by atoms with Crippen LogP contribution in [-0.2, 0) is 19.4 Å². The first kappa shape index (κ1) is 12.9. The van der Waals surface area contributed by atoms with Gasteiger partial charge in [-0.05, 0) is 12.8 Å². The number of hydrogen-bond acceptors (Lipinski definition) is 4. The van der Waals surface area contributed by atoms with Crippen molar-refractivity contribution >= 4 is 16.3 Å². The summed E-state index contributed by atoms with van der Waals surface area (Å²) >= 11 is 0. The second-order valence-corrected chi connectivity index (χ2v) is 3.68. The van der Waals surface area contributed by atoms with Crippen LogP contribution in [0.25, 0.3) is 0 Å². The molecule has 0 radical (unpaired) electrons. The third-order valence-electron chi connectivity index (χ3n) is 1.43. The molecule has 7 heteroatoms. The number of carbonyl (C=O) groups is 1. The van der Waals surface area contributed by atoms with Crippen LogP contribution in [0.1, 0.15) is 26.2 Å². The van der Waals surface area contributed by atoms with Crippen molar-refractivity contribution in [3.05, 3.63) is 11.8 Å². The van der Waals surface area contributed by atoms with Crippen LogP contribution in [0.5, 0.6) is 0 Å². The first-order valence-electron chi connectivity index (χ1n) is 4.01. The third kappa shape index (κ3) is 6.44. The van der Waals surface area contributed by atoms with Crippen LogP contribution < -0.4 is 5.73 Å². The smallest absolute Gasteiger partial charge is 0.369 e. The topological polar surface area (TPSA) is 107 Å². The Morgan fingerprint density at radius 1 is 1.57 bits per heavy atom. The molecule has 0 heterocycles. The summed E-state index contributed by atoms with van der Waals surface area (Å²) in [5, 5.41) is 0. The Hall–Kier alpha value is -1.08. The van der Waals surface area contributed by atoms with E-state index in [1.54, 1.807) is 0 Å². The van der Waals surface area contributed by atoms with Gasteiger partial charge in [0.1, 0.15) is 6.26 Å². The summed E-state index contributed by atoms with van der Waals surface area (Å²) in [5.41, 5.74) is 4.98. The average molecular weight is 223 g/mol. The van der Waals surface area contributed by atoms with Crippen LogP contribution in [0.3, 0.4) is 0 Å². The zero-order valence-electron chi connectivity index (χ0n) is 7.76. The molecule has 0 aliphatic heterocycles. The zero-order chi connectivity index (χ0) is 11.2. The van der Waals surface area contributed by atoms with E-state index in [1.807, 2.05) is 6.92 Å². The van der Waals surface area contributed by atoms with E-state index in [1.165, 1.54) is 0 Å². The van der Waals surface area contributed by atoms with Gasteiger partial charge < -0.3 is 9.92 Å². The van der Waals surface area contributed by atoms with Crippen LogP contribution >= 0.6 is 0 Å². The van der Waals surface area contributed by atoms with Crippen molar-refractivity contribution in [2.24, 2.45) is 5.73 Å². The van der Waals surface area contributed by atoms with Gasteiger partial charge in [-0.25, -0.2) is 0 Å². The molecule has 0 aromatic carbocycles. The quantitative estimate of drug-likeness (QED) is 0.384. The number of carbonyl (C=O) groups excluding carboxylic acids is 1. The molecule has 14 heavy (non-hydrogen) atoms. The first-order valence-corrected chi connectivity index (χ1v) is 5.38. The number of unbranched alkanes of at least 4 members (excludes halogenated alkanes) is 1. The normalized spacial score (nSPS) is 12.6. The predicted octanol–water partition coefficient (Wildman–Crippen LogP) is 0.365. The molecule has 0 aliphatic carbocycles. The molecule has 0 rings (SSSR count). The molecule has 0 atom stereocenters. The van der Waals surface area contributed by atoms with Crippen molar-refractivity contribution in [2.75, 3.05) is 0 Å². The van der Waals surface area contributed by atoms with Gasteiger partial charge in [-0.3, -0.25) is 9.35 Å². The lowest BCUT2D eigenvalue weighted by Gasteiger charge is -2.01. The van der Waals surface area contributed by atoms with E-state index in [2.05, 4.69) is 4.18 Å². The van der Waals surface area contributed by atoms with Crippen LogP contribution in [0.15, 0.2) is 11.8 Å². The van der Waals surface area contributed by atoms with Gasteiger partial charge in [-0.1, -0.05) is 13.3 Å². The number of primary amides is 1. The number of hydrogen-bond donors (Lipinski definition) is 2. The highest BCUT2D eigenvalue weighted by atomic mass is 32.3. The summed E-state index contributed by atoms with van der Waals surface area (Å²) in [4.78, 5) is 10.7. The van der Waals surface area contributed by atoms with Gasteiger partial charge >= 0.3 is 10.4 Å². The van der Waals surface area contributed by atoms with E-state index >= 15 is 0 Å². The van der Waals surface area contributed by atoms with E-state index in [0.717, 1.165) is 6.42 Å². The fourth-order valence-corrected chi connectivity index (χ4v) is 0.964. The van der Waals surface area contributed by atoms with Gasteiger partial charge in [-0.2, -0.15) is 8.42 Å². The Bertz CT molecular complexity index is 319. The molecule has 3 N–H and O–H groups in total. The molecule has 6 nitrogen and oxygen atoms in total. The van der Waals surface area contributed by atoms with Crippen molar-refractivity contribution < 1.29 is 21.9 Å². The minimum absolute atomic E-state index is 0.0319. The Labute approximate surface area is 82.7 Å². The summed E-state index contributed by atoms with van der Waals surface area (Å²) in [5.74, 6) is -0.762. The van der Waals surface area contributed by atoms with Crippen molar-refractivity contribution in [1.29, 1.82) is 0 Å². The summed E-state index contributed by atoms with van der Waals surface area (Å²) in [7, 11) is -4.56. The van der Waals surface area contributed by atoms with Crippen LogP contribution in [0.2, 0.25) is 0 Å². The van der Waals surface area contributed by atoms with E-state index in [0.29, 0.717) is 19.1 Å². The molecule has 0 saturated carbocycles. The minimum Gasteiger partial charge on any atom is -0.369 e. The van der Waals surface area contributed by atoms with Crippen LogP contribution in [-0.4, -0.2) is 18.9 Å². The lowest BCUT2D eigenvalue weighted by molar-refractivity contribution is -0.114. The third-order valence-corrected chi connectivity index (χ3v) is 1.77. The predicted molar refractivity (Wildman–Crippen MR) is 49.4 cm³/mol. The highest BCUT2D eigenvalue weighted by molar-refractivity contribution is 7.81. The van der Waals surface area contributed by atoms with Crippen LogP contribution in [0.4, 0.5) is 0 Å². The Morgan fingerprint density at radius 2 is 2.14 bits per heavy atom. The van der Waals surface area contributed by atoms with Gasteiger partial charge in [-0.15, -0.1) is 0 Å². The van der Waals surface area contributed by atoms with Gasteiger partial charge in [0.15, 0.2) is 0 Å². The maximum atomic E-state index is 10.7. The molecular weight excluding hydrogens is 210 g/mol. The highest BCUT2D eigenvalue weighted by Crippen LogP contribution is 2.07. The van der Waals surface area contributed by atoms with Crippen molar-refractivity contribution in [3.63, 3.8) is 0 Å². The van der Waals surface area contributed by atoms with Crippen molar-refractivity contribution in [3.8, 4) is 0 Å². The molecule has 0 saturated heterocycles. The van der Waals surface area contributed by atoms with E-state index < -0.39 is 16.3 Å².